The molecule has 0 atom stereocenters. The minimum Gasteiger partial charge on any atom is -0.396 e. The van der Waals surface area contributed by atoms with Crippen LogP contribution in [0, 0.1) is 12.7 Å². The Morgan fingerprint density at radius 1 is 1.45 bits per heavy atom. The van der Waals surface area contributed by atoms with Crippen LogP contribution in [0.1, 0.15) is 18.1 Å². The molecule has 0 saturated heterocycles. The highest BCUT2D eigenvalue weighted by Crippen LogP contribution is 2.17. The van der Waals surface area contributed by atoms with E-state index >= 15 is 0 Å². The summed E-state index contributed by atoms with van der Waals surface area (Å²) in [5, 5.41) is 0. The van der Waals surface area contributed by atoms with Crippen LogP contribution < -0.4 is 5.73 Å². The highest BCUT2D eigenvalue weighted by atomic mass is 19.1. The van der Waals surface area contributed by atoms with Crippen LogP contribution in [-0.4, -0.2) is 0 Å². The highest BCUT2D eigenvalue weighted by molar-refractivity contribution is 5.46. The molecule has 2 heteroatoms. The molecule has 1 rings (SSSR count). The zero-order valence-electron chi connectivity index (χ0n) is 6.82. The van der Waals surface area contributed by atoms with Crippen molar-refractivity contribution in [2.75, 3.05) is 5.73 Å². The summed E-state index contributed by atoms with van der Waals surface area (Å²) >= 11 is 0. The lowest BCUT2D eigenvalue weighted by atomic mass is 10.1. The number of rotatable bonds is 1. The summed E-state index contributed by atoms with van der Waals surface area (Å²) in [6.45, 7) is 3.75. The average Bonchev–Trinajstić information content (AvgIpc) is 1.99. The van der Waals surface area contributed by atoms with Crippen molar-refractivity contribution >= 4 is 5.69 Å². The molecule has 0 bridgehead atoms. The van der Waals surface area contributed by atoms with Crippen LogP contribution in [0.5, 0.6) is 0 Å². The van der Waals surface area contributed by atoms with Gasteiger partial charge < -0.3 is 5.73 Å². The van der Waals surface area contributed by atoms with E-state index < -0.39 is 0 Å². The van der Waals surface area contributed by atoms with Gasteiger partial charge >= 0.3 is 0 Å². The maximum Gasteiger partial charge on any atom is 0.148 e. The molecule has 0 amide bonds. The summed E-state index contributed by atoms with van der Waals surface area (Å²) in [4.78, 5) is 0. The van der Waals surface area contributed by atoms with Crippen molar-refractivity contribution in [1.29, 1.82) is 0 Å². The van der Waals surface area contributed by atoms with Gasteiger partial charge in [0.15, 0.2) is 0 Å². The first kappa shape index (κ1) is 8.05. The SMILES string of the molecule is CCc1cc(C)c(F)c(N)c1. The predicted molar refractivity (Wildman–Crippen MR) is 44.9 cm³/mol. The summed E-state index contributed by atoms with van der Waals surface area (Å²) in [5.74, 6) is -0.290. The first-order valence-electron chi connectivity index (χ1n) is 3.69. The summed E-state index contributed by atoms with van der Waals surface area (Å²) in [5.41, 5.74) is 7.39. The number of hydrogen-bond donors (Lipinski definition) is 1. The van der Waals surface area contributed by atoms with Crippen molar-refractivity contribution in [3.05, 3.63) is 29.1 Å². The fourth-order valence-electron chi connectivity index (χ4n) is 1.08. The molecule has 1 aromatic rings. The lowest BCUT2D eigenvalue weighted by molar-refractivity contribution is 0.622. The first-order valence-corrected chi connectivity index (χ1v) is 3.69. The number of nitrogens with two attached hydrogens (primary N) is 1. The van der Waals surface area contributed by atoms with Gasteiger partial charge in [0, 0.05) is 0 Å². The number of nitrogen functional groups attached to an aromatic ring is 1. The maximum atomic E-state index is 12.9. The van der Waals surface area contributed by atoms with E-state index in [-0.39, 0.29) is 11.5 Å². The Bertz CT molecular complexity index is 245. The van der Waals surface area contributed by atoms with Gasteiger partial charge in [-0.1, -0.05) is 13.0 Å². The normalized spacial score (nSPS) is 10.1. The number of halogens is 1. The minimum atomic E-state index is -0.290. The van der Waals surface area contributed by atoms with E-state index in [0.717, 1.165) is 12.0 Å². The average molecular weight is 153 g/mol. The predicted octanol–water partition coefficient (Wildman–Crippen LogP) is 2.28. The Morgan fingerprint density at radius 3 is 2.55 bits per heavy atom. The Balaban J connectivity index is 3.21. The lowest BCUT2D eigenvalue weighted by Gasteiger charge is -2.03. The van der Waals surface area contributed by atoms with Gasteiger partial charge in [-0.15, -0.1) is 0 Å². The van der Waals surface area contributed by atoms with Crippen molar-refractivity contribution < 1.29 is 4.39 Å². The van der Waals surface area contributed by atoms with E-state index in [1.807, 2.05) is 13.0 Å². The van der Waals surface area contributed by atoms with Gasteiger partial charge in [-0.05, 0) is 30.5 Å². The summed E-state index contributed by atoms with van der Waals surface area (Å²) < 4.78 is 12.9. The van der Waals surface area contributed by atoms with E-state index in [4.69, 9.17) is 5.73 Å². The fraction of sp³-hybridized carbons (Fsp3) is 0.333. The molecule has 0 saturated carbocycles. The van der Waals surface area contributed by atoms with Gasteiger partial charge in [0.1, 0.15) is 5.82 Å². The third-order valence-electron chi connectivity index (χ3n) is 1.75. The standard InChI is InChI=1S/C9H12FN/c1-3-7-4-6(2)9(10)8(11)5-7/h4-5H,3,11H2,1-2H3. The second-order valence-corrected chi connectivity index (χ2v) is 2.67. The molecule has 11 heavy (non-hydrogen) atoms. The van der Waals surface area contributed by atoms with Crippen molar-refractivity contribution in [3.8, 4) is 0 Å². The third kappa shape index (κ3) is 1.50. The summed E-state index contributed by atoms with van der Waals surface area (Å²) in [6.07, 6.45) is 0.894. The minimum absolute atomic E-state index is 0.252. The van der Waals surface area contributed by atoms with E-state index in [9.17, 15) is 4.39 Å². The van der Waals surface area contributed by atoms with E-state index in [0.29, 0.717) is 5.56 Å². The zero-order chi connectivity index (χ0) is 8.43. The first-order chi connectivity index (χ1) is 5.15. The quantitative estimate of drug-likeness (QED) is 0.615. The molecule has 60 valence electrons. The van der Waals surface area contributed by atoms with Crippen LogP contribution in [0.3, 0.4) is 0 Å². The van der Waals surface area contributed by atoms with E-state index in [1.165, 1.54) is 0 Å². The maximum absolute atomic E-state index is 12.9. The number of aryl methyl sites for hydroxylation is 2. The lowest BCUT2D eigenvalue weighted by Crippen LogP contribution is -1.95. The molecule has 1 aromatic carbocycles. The van der Waals surface area contributed by atoms with Crippen molar-refractivity contribution in [2.45, 2.75) is 20.3 Å². The Kier molecular flexibility index (Phi) is 2.13. The zero-order valence-corrected chi connectivity index (χ0v) is 6.82. The van der Waals surface area contributed by atoms with Crippen molar-refractivity contribution in [1.82, 2.24) is 0 Å². The van der Waals surface area contributed by atoms with Crippen LogP contribution >= 0.6 is 0 Å². The van der Waals surface area contributed by atoms with Crippen LogP contribution in [0.4, 0.5) is 10.1 Å². The van der Waals surface area contributed by atoms with Gasteiger partial charge in [0.2, 0.25) is 0 Å². The fourth-order valence-corrected chi connectivity index (χ4v) is 1.08. The molecule has 0 spiro atoms. The summed E-state index contributed by atoms with van der Waals surface area (Å²) in [6, 6.07) is 3.51. The molecule has 0 aromatic heterocycles. The van der Waals surface area contributed by atoms with E-state index in [1.54, 1.807) is 13.0 Å². The Labute approximate surface area is 66.0 Å². The monoisotopic (exact) mass is 153 g/mol. The third-order valence-corrected chi connectivity index (χ3v) is 1.75. The molecule has 2 N–H and O–H groups in total. The van der Waals surface area contributed by atoms with Gasteiger partial charge in [-0.25, -0.2) is 4.39 Å². The van der Waals surface area contributed by atoms with E-state index in [2.05, 4.69) is 0 Å². The molecule has 0 aliphatic carbocycles. The molecule has 0 aliphatic rings. The van der Waals surface area contributed by atoms with Gasteiger partial charge in [-0.3, -0.25) is 0 Å². The number of anilines is 1. The summed E-state index contributed by atoms with van der Waals surface area (Å²) in [7, 11) is 0. The Morgan fingerprint density at radius 2 is 2.09 bits per heavy atom. The van der Waals surface area contributed by atoms with Crippen LogP contribution in [0.25, 0.3) is 0 Å². The van der Waals surface area contributed by atoms with Crippen molar-refractivity contribution in [3.63, 3.8) is 0 Å². The van der Waals surface area contributed by atoms with Crippen LogP contribution in [0.15, 0.2) is 12.1 Å². The second-order valence-electron chi connectivity index (χ2n) is 2.67. The number of benzene rings is 1. The Hall–Kier alpha value is -1.05. The molecular weight excluding hydrogens is 141 g/mol. The van der Waals surface area contributed by atoms with Gasteiger partial charge in [0.05, 0.1) is 5.69 Å². The van der Waals surface area contributed by atoms with Crippen LogP contribution in [-0.2, 0) is 6.42 Å². The molecule has 0 fully saturated rings. The molecule has 1 nitrogen and oxygen atoms in total. The van der Waals surface area contributed by atoms with Crippen molar-refractivity contribution in [2.24, 2.45) is 0 Å². The largest absolute Gasteiger partial charge is 0.396 e. The van der Waals surface area contributed by atoms with Crippen LogP contribution in [0.2, 0.25) is 0 Å². The molecular formula is C9H12FN. The second kappa shape index (κ2) is 2.91. The molecule has 0 aliphatic heterocycles. The molecule has 0 radical (unpaired) electrons. The molecule has 0 heterocycles. The highest BCUT2D eigenvalue weighted by Gasteiger charge is 2.02. The number of hydrogen-bond acceptors (Lipinski definition) is 1. The smallest absolute Gasteiger partial charge is 0.148 e. The topological polar surface area (TPSA) is 26.0 Å². The van der Waals surface area contributed by atoms with Gasteiger partial charge in [-0.2, -0.15) is 0 Å². The van der Waals surface area contributed by atoms with Gasteiger partial charge in [0.25, 0.3) is 0 Å². The molecule has 0 unspecified atom stereocenters.